The molecule has 0 bridgehead atoms. The fourth-order valence-corrected chi connectivity index (χ4v) is 13.4. The SMILES string of the molecule is Cc1cc2c(c(C)c1C)-c1ccccc1C2.Cc1cc2c(c(C)c1C)Cc1ccccc1-2.Cc1cc2c(cc1C)-c1c(C)cccc1C2.Cc1ccc2c(c1)-c1cc(C)c(C)cc1C2.Cc1ccc2c(c1)Cc1cc(C)c(C)cc1-2. The summed E-state index contributed by atoms with van der Waals surface area (Å²) in [6.07, 6.45) is 5.53. The minimum atomic E-state index is 1.10. The van der Waals surface area contributed by atoms with Crippen molar-refractivity contribution in [2.45, 2.75) is 136 Å². The van der Waals surface area contributed by atoms with Crippen molar-refractivity contribution in [1.82, 2.24) is 0 Å². The maximum atomic E-state index is 2.36. The van der Waals surface area contributed by atoms with E-state index in [9.17, 15) is 0 Å². The molecule has 0 unspecified atom stereocenters. The van der Waals surface area contributed by atoms with Crippen molar-refractivity contribution in [2.24, 2.45) is 0 Å². The molecule has 0 aliphatic heterocycles. The molecule has 0 saturated carbocycles. The molecule has 0 radical (unpaired) electrons. The maximum absolute atomic E-state index is 2.36. The predicted octanol–water partition coefficient (Wildman–Crippen LogP) is 20.9. The number of aryl methyl sites for hydroxylation is 11. The standard InChI is InChI=1S/5C16H16/c1-10-4-5-15-13(6-10)9-14-7-11(2)12(3)8-16(14)15;1-10-4-5-13-9-14-7-11(2)12(3)8-16(14)15(13)6-10;1-10-5-4-6-13-9-14-7-11(2)12(3)8-15(14)16(10)13;1-10-8-14-9-13-6-4-5-7-15(13)16(14)12(3)11(10)2;1-10-8-16-14-7-5-4-6-13(14)9-15(16)12(3)11(10)2/h5*4-8H,9H2,1-3H3. The molecule has 15 rings (SSSR count). The van der Waals surface area contributed by atoms with Gasteiger partial charge in [0, 0.05) is 0 Å². The molecule has 5 aliphatic carbocycles. The average molecular weight is 1040 g/mol. The van der Waals surface area contributed by atoms with E-state index in [0.717, 1.165) is 32.1 Å². The van der Waals surface area contributed by atoms with Crippen molar-refractivity contribution >= 4 is 0 Å². The Labute approximate surface area is 479 Å². The summed E-state index contributed by atoms with van der Waals surface area (Å²) < 4.78 is 0. The van der Waals surface area contributed by atoms with Crippen LogP contribution >= 0.6 is 0 Å². The molecule has 400 valence electrons. The molecule has 80 heavy (non-hydrogen) atoms. The van der Waals surface area contributed by atoms with Gasteiger partial charge in [0.25, 0.3) is 0 Å². The summed E-state index contributed by atoms with van der Waals surface area (Å²) in [6.45, 7) is 33.1. The van der Waals surface area contributed by atoms with Gasteiger partial charge in [-0.1, -0.05) is 163 Å². The van der Waals surface area contributed by atoms with Gasteiger partial charge in [0.05, 0.1) is 0 Å². The molecule has 0 amide bonds. The van der Waals surface area contributed by atoms with E-state index in [4.69, 9.17) is 0 Å². The van der Waals surface area contributed by atoms with E-state index in [1.165, 1.54) is 195 Å². The van der Waals surface area contributed by atoms with Crippen molar-refractivity contribution in [3.8, 4) is 55.6 Å². The number of rotatable bonds is 0. The Kier molecular flexibility index (Phi) is 14.7. The van der Waals surface area contributed by atoms with Gasteiger partial charge in [0.2, 0.25) is 0 Å². The van der Waals surface area contributed by atoms with Crippen LogP contribution in [0.25, 0.3) is 55.6 Å². The molecular weight excluding hydrogens is 961 g/mol. The monoisotopic (exact) mass is 1040 g/mol. The summed E-state index contributed by atoms with van der Waals surface area (Å²) in [6, 6.07) is 56.6. The second-order valence-corrected chi connectivity index (χ2v) is 24.4. The third-order valence-electron chi connectivity index (χ3n) is 18.9. The zero-order chi connectivity index (χ0) is 56.4. The fourth-order valence-electron chi connectivity index (χ4n) is 13.4. The van der Waals surface area contributed by atoms with Crippen LogP contribution in [0.5, 0.6) is 0 Å². The van der Waals surface area contributed by atoms with Crippen LogP contribution in [0.3, 0.4) is 0 Å². The number of hydrogen-bond acceptors (Lipinski definition) is 0. The summed E-state index contributed by atoms with van der Waals surface area (Å²) in [5, 5.41) is 0. The average Bonchev–Trinajstić information content (AvgIpc) is 4.27. The highest BCUT2D eigenvalue weighted by atomic mass is 14.3. The zero-order valence-electron chi connectivity index (χ0n) is 50.5. The first-order valence-corrected chi connectivity index (χ1v) is 29.3. The van der Waals surface area contributed by atoms with E-state index in [2.05, 4.69) is 256 Å². The van der Waals surface area contributed by atoms with Crippen LogP contribution in [-0.4, -0.2) is 0 Å². The zero-order valence-corrected chi connectivity index (χ0v) is 50.5. The molecule has 0 heteroatoms. The number of fused-ring (bicyclic) bond motifs is 15. The Balaban J connectivity index is 0.000000105. The molecule has 0 N–H and O–H groups in total. The largest absolute Gasteiger partial charge is 0.0619 e. The first-order valence-electron chi connectivity index (χ1n) is 29.3. The summed E-state index contributed by atoms with van der Waals surface area (Å²) in [4.78, 5) is 0. The molecule has 0 saturated heterocycles. The highest BCUT2D eigenvalue weighted by Gasteiger charge is 2.25. The number of hydrogen-bond donors (Lipinski definition) is 0. The molecule has 0 fully saturated rings. The molecule has 0 spiro atoms. The van der Waals surface area contributed by atoms with Gasteiger partial charge in [-0.25, -0.2) is 0 Å². The van der Waals surface area contributed by atoms with Crippen LogP contribution in [0.15, 0.2) is 152 Å². The highest BCUT2D eigenvalue weighted by molar-refractivity contribution is 5.83. The minimum absolute atomic E-state index is 1.10. The lowest BCUT2D eigenvalue weighted by Gasteiger charge is -2.11. The third kappa shape index (κ3) is 10.1. The van der Waals surface area contributed by atoms with Crippen LogP contribution < -0.4 is 0 Å². The minimum Gasteiger partial charge on any atom is -0.0619 e. The summed E-state index contributed by atoms with van der Waals surface area (Å²) >= 11 is 0. The second kappa shape index (κ2) is 21.7. The maximum Gasteiger partial charge on any atom is -0.00107 e. The van der Waals surface area contributed by atoms with E-state index in [1.807, 2.05) is 0 Å². The smallest absolute Gasteiger partial charge is 0.00107 e. The van der Waals surface area contributed by atoms with Crippen molar-refractivity contribution in [3.05, 3.63) is 291 Å². The molecule has 10 aromatic carbocycles. The Morgan fingerprint density at radius 2 is 0.613 bits per heavy atom. The molecule has 10 aromatic rings. The van der Waals surface area contributed by atoms with Crippen LogP contribution in [0, 0.1) is 104 Å². The molecule has 0 aromatic heterocycles. The molecular formula is C80H80. The van der Waals surface area contributed by atoms with E-state index >= 15 is 0 Å². The van der Waals surface area contributed by atoms with Crippen molar-refractivity contribution in [3.63, 3.8) is 0 Å². The first kappa shape index (κ1) is 54.2. The third-order valence-corrected chi connectivity index (χ3v) is 18.9. The van der Waals surface area contributed by atoms with Crippen molar-refractivity contribution in [2.75, 3.05) is 0 Å². The van der Waals surface area contributed by atoms with E-state index < -0.39 is 0 Å². The second-order valence-electron chi connectivity index (χ2n) is 24.4. The van der Waals surface area contributed by atoms with Gasteiger partial charge >= 0.3 is 0 Å². The van der Waals surface area contributed by atoms with Gasteiger partial charge in [0.15, 0.2) is 0 Å². The Hall–Kier alpha value is -7.80. The molecule has 0 atom stereocenters. The highest BCUT2D eigenvalue weighted by Crippen LogP contribution is 2.44. The first-order chi connectivity index (χ1) is 38.3. The Morgan fingerprint density at radius 1 is 0.200 bits per heavy atom. The molecule has 0 heterocycles. The lowest BCUT2D eigenvalue weighted by Crippen LogP contribution is -1.93. The summed E-state index contributed by atoms with van der Waals surface area (Å²) in [7, 11) is 0. The topological polar surface area (TPSA) is 0 Å². The molecule has 5 aliphatic rings. The van der Waals surface area contributed by atoms with Crippen LogP contribution in [0.2, 0.25) is 0 Å². The lowest BCUT2D eigenvalue weighted by molar-refractivity contribution is 1.17. The quantitative estimate of drug-likeness (QED) is 0.142. The van der Waals surface area contributed by atoms with Gasteiger partial charge in [-0.3, -0.25) is 0 Å². The van der Waals surface area contributed by atoms with Crippen LogP contribution in [0.4, 0.5) is 0 Å². The predicted molar refractivity (Wildman–Crippen MR) is 344 cm³/mol. The van der Waals surface area contributed by atoms with Gasteiger partial charge in [0.1, 0.15) is 0 Å². The van der Waals surface area contributed by atoms with Crippen LogP contribution in [-0.2, 0) is 32.1 Å². The summed E-state index contributed by atoms with van der Waals surface area (Å²) in [5.74, 6) is 0. The van der Waals surface area contributed by atoms with E-state index in [-0.39, 0.29) is 0 Å². The number of benzene rings is 10. The Bertz CT molecular complexity index is 4130. The van der Waals surface area contributed by atoms with Gasteiger partial charge < -0.3 is 0 Å². The van der Waals surface area contributed by atoms with Gasteiger partial charge in [-0.2, -0.15) is 0 Å². The van der Waals surface area contributed by atoms with E-state index in [1.54, 1.807) is 0 Å². The normalized spacial score (nSPS) is 12.4. The van der Waals surface area contributed by atoms with E-state index in [0.29, 0.717) is 0 Å². The van der Waals surface area contributed by atoms with Crippen LogP contribution in [0.1, 0.15) is 139 Å². The van der Waals surface area contributed by atoms with Gasteiger partial charge in [-0.05, 0) is 320 Å². The van der Waals surface area contributed by atoms with Crippen molar-refractivity contribution in [1.29, 1.82) is 0 Å². The fraction of sp³-hybridized carbons (Fsp3) is 0.250. The van der Waals surface area contributed by atoms with Gasteiger partial charge in [-0.15, -0.1) is 0 Å². The Morgan fingerprint density at radius 3 is 1.29 bits per heavy atom. The lowest BCUT2D eigenvalue weighted by atomic mass is 9.93. The molecule has 0 nitrogen and oxygen atoms in total. The van der Waals surface area contributed by atoms with Crippen molar-refractivity contribution < 1.29 is 0 Å². The summed E-state index contributed by atoms with van der Waals surface area (Å²) in [5.41, 5.74) is 50.6.